The second kappa shape index (κ2) is 12.7. The Kier molecular flexibility index (Phi) is 12.4. The molecule has 0 aromatic heterocycles. The highest BCUT2D eigenvalue weighted by Gasteiger charge is 2.21. The lowest BCUT2D eigenvalue weighted by molar-refractivity contribution is -0.139. The number of rotatable bonds is 17. The fourth-order valence-electron chi connectivity index (χ4n) is 3.25. The highest BCUT2D eigenvalue weighted by atomic mass is 32.2. The molecule has 0 atom stereocenters. The third kappa shape index (κ3) is 18.5. The lowest BCUT2D eigenvalue weighted by Crippen LogP contribution is -2.17. The molecule has 0 amide bonds. The van der Waals surface area contributed by atoms with Gasteiger partial charge >= 0.3 is 5.97 Å². The van der Waals surface area contributed by atoms with Crippen molar-refractivity contribution in [3.05, 3.63) is 0 Å². The minimum atomic E-state index is -3.33. The van der Waals surface area contributed by atoms with Crippen LogP contribution < -0.4 is 5.14 Å². The van der Waals surface area contributed by atoms with E-state index in [4.69, 9.17) is 15.0 Å². The molecule has 162 valence electrons. The van der Waals surface area contributed by atoms with E-state index < -0.39 is 16.0 Å². The average molecular weight is 408 g/mol. The van der Waals surface area contributed by atoms with Gasteiger partial charge in [-0.25, -0.2) is 13.6 Å². The molecule has 0 radical (unpaired) electrons. The maximum atomic E-state index is 10.9. The highest BCUT2D eigenvalue weighted by Crippen LogP contribution is 2.30. The van der Waals surface area contributed by atoms with Crippen LogP contribution in [0, 0.1) is 10.8 Å². The largest absolute Gasteiger partial charge is 0.481 e. The number of ether oxygens (including phenoxy) is 1. The number of hydrogen-bond donors (Lipinski definition) is 2. The normalized spacial score (nSPS) is 13.1. The summed E-state index contributed by atoms with van der Waals surface area (Å²) in [6, 6.07) is 0. The number of aliphatic carboxylic acids is 1. The van der Waals surface area contributed by atoms with E-state index in [9.17, 15) is 13.2 Å². The molecule has 0 bridgehead atoms. The Morgan fingerprint density at radius 1 is 0.852 bits per heavy atom. The van der Waals surface area contributed by atoms with Gasteiger partial charge in [-0.05, 0) is 49.4 Å². The summed E-state index contributed by atoms with van der Waals surface area (Å²) < 4.78 is 27.5. The van der Waals surface area contributed by atoms with E-state index in [1.54, 1.807) is 0 Å². The Bertz CT molecular complexity index is 514. The zero-order chi connectivity index (χ0) is 21.0. The number of sulfonamides is 1. The van der Waals surface area contributed by atoms with E-state index >= 15 is 0 Å². The molecule has 7 heteroatoms. The van der Waals surface area contributed by atoms with Gasteiger partial charge in [0.1, 0.15) is 0 Å². The fraction of sp³-hybridized carbons (Fsp3) is 0.950. The molecule has 0 rings (SSSR count). The van der Waals surface area contributed by atoms with Crippen molar-refractivity contribution in [2.75, 3.05) is 19.0 Å². The van der Waals surface area contributed by atoms with E-state index in [2.05, 4.69) is 13.8 Å². The molecule has 0 aromatic rings. The minimum Gasteiger partial charge on any atom is -0.481 e. The molecule has 0 aromatic carbocycles. The second-order valence-corrected chi connectivity index (χ2v) is 11.0. The average Bonchev–Trinajstić information content (AvgIpc) is 2.47. The van der Waals surface area contributed by atoms with Gasteiger partial charge in [0, 0.05) is 13.2 Å². The quantitative estimate of drug-likeness (QED) is 0.349. The molecule has 3 N–H and O–H groups in total. The van der Waals surface area contributed by atoms with Gasteiger partial charge in [0.05, 0.1) is 12.2 Å². The molecule has 0 aliphatic heterocycles. The molecular formula is C20H41NO5S. The lowest BCUT2D eigenvalue weighted by atomic mass is 9.82. The molecule has 27 heavy (non-hydrogen) atoms. The van der Waals surface area contributed by atoms with Gasteiger partial charge in [0.2, 0.25) is 10.0 Å². The molecule has 0 heterocycles. The Balaban J connectivity index is 3.61. The van der Waals surface area contributed by atoms with Crippen LogP contribution in [0.4, 0.5) is 0 Å². The van der Waals surface area contributed by atoms with E-state index in [1.165, 1.54) is 0 Å². The van der Waals surface area contributed by atoms with Crippen LogP contribution in [0.2, 0.25) is 0 Å². The first-order chi connectivity index (χ1) is 12.3. The van der Waals surface area contributed by atoms with Crippen molar-refractivity contribution in [1.29, 1.82) is 0 Å². The van der Waals surface area contributed by atoms with Crippen LogP contribution in [-0.4, -0.2) is 38.5 Å². The minimum absolute atomic E-state index is 0.0738. The monoisotopic (exact) mass is 407 g/mol. The summed E-state index contributed by atoms with van der Waals surface area (Å²) in [4.78, 5) is 10.8. The lowest BCUT2D eigenvalue weighted by Gasteiger charge is -2.24. The number of carboxylic acids is 1. The summed E-state index contributed by atoms with van der Waals surface area (Å²) in [6.45, 7) is 9.95. The summed E-state index contributed by atoms with van der Waals surface area (Å²) in [5, 5.41) is 13.9. The van der Waals surface area contributed by atoms with Crippen molar-refractivity contribution >= 4 is 16.0 Å². The number of carbonyl (C=O) groups is 1. The van der Waals surface area contributed by atoms with Crippen LogP contribution in [0.5, 0.6) is 0 Å². The number of nitrogens with two attached hydrogens (primary N) is 1. The third-order valence-electron chi connectivity index (χ3n) is 4.95. The molecule has 0 aliphatic carbocycles. The molecule has 6 nitrogen and oxygen atoms in total. The Labute approximate surface area is 166 Å². The summed E-state index contributed by atoms with van der Waals surface area (Å²) in [5.41, 5.74) is 0.0693. The van der Waals surface area contributed by atoms with Crippen molar-refractivity contribution in [2.45, 2.75) is 91.9 Å². The standard InChI is InChI=1S/C20H41NO5S/c1-19(2,12-7-10-16-27(21,24)25)11-5-8-14-26-15-9-6-13-20(3,4)17-18(22)23/h5-17H2,1-4H3,(H,22,23)(H2,21,24,25). The number of hydrogen-bond acceptors (Lipinski definition) is 4. The van der Waals surface area contributed by atoms with Crippen LogP contribution in [0.3, 0.4) is 0 Å². The maximum Gasteiger partial charge on any atom is 0.303 e. The third-order valence-corrected chi connectivity index (χ3v) is 5.80. The Morgan fingerprint density at radius 3 is 1.74 bits per heavy atom. The van der Waals surface area contributed by atoms with Gasteiger partial charge in [-0.15, -0.1) is 0 Å². The second-order valence-electron chi connectivity index (χ2n) is 9.25. The molecular weight excluding hydrogens is 366 g/mol. The van der Waals surface area contributed by atoms with Crippen molar-refractivity contribution in [1.82, 2.24) is 0 Å². The number of carboxylic acid groups (broad SMARTS) is 1. The van der Waals surface area contributed by atoms with Crippen LogP contribution in [-0.2, 0) is 19.6 Å². The van der Waals surface area contributed by atoms with Gasteiger partial charge in [-0.2, -0.15) is 0 Å². The maximum absolute atomic E-state index is 10.9. The Hall–Kier alpha value is -0.660. The molecule has 0 aliphatic rings. The summed E-state index contributed by atoms with van der Waals surface area (Å²) in [7, 11) is -3.33. The van der Waals surface area contributed by atoms with Gasteiger partial charge in [-0.1, -0.05) is 47.0 Å². The first kappa shape index (κ1) is 26.3. The number of primary sulfonamides is 1. The van der Waals surface area contributed by atoms with E-state index in [0.717, 1.165) is 64.6 Å². The van der Waals surface area contributed by atoms with Gasteiger partial charge in [0.15, 0.2) is 0 Å². The fourth-order valence-corrected chi connectivity index (χ4v) is 3.85. The van der Waals surface area contributed by atoms with Gasteiger partial charge in [0.25, 0.3) is 0 Å². The Morgan fingerprint density at radius 2 is 1.30 bits per heavy atom. The predicted molar refractivity (Wildman–Crippen MR) is 110 cm³/mol. The first-order valence-corrected chi connectivity index (χ1v) is 11.8. The van der Waals surface area contributed by atoms with E-state index in [0.29, 0.717) is 6.42 Å². The summed E-state index contributed by atoms with van der Waals surface area (Å²) in [5.74, 6) is -0.659. The smallest absolute Gasteiger partial charge is 0.303 e. The zero-order valence-corrected chi connectivity index (χ0v) is 18.6. The molecule has 0 saturated heterocycles. The van der Waals surface area contributed by atoms with Crippen LogP contribution in [0.1, 0.15) is 91.9 Å². The van der Waals surface area contributed by atoms with Gasteiger partial charge in [-0.3, -0.25) is 4.79 Å². The zero-order valence-electron chi connectivity index (χ0n) is 17.8. The van der Waals surface area contributed by atoms with E-state index in [-0.39, 0.29) is 23.0 Å². The van der Waals surface area contributed by atoms with Crippen LogP contribution in [0.15, 0.2) is 0 Å². The number of unbranched alkanes of at least 4 members (excludes halogenated alkanes) is 3. The van der Waals surface area contributed by atoms with Crippen molar-refractivity contribution in [3.8, 4) is 0 Å². The van der Waals surface area contributed by atoms with Crippen LogP contribution in [0.25, 0.3) is 0 Å². The summed E-state index contributed by atoms with van der Waals surface area (Å²) >= 11 is 0. The van der Waals surface area contributed by atoms with Crippen molar-refractivity contribution < 1.29 is 23.1 Å². The van der Waals surface area contributed by atoms with E-state index in [1.807, 2.05) is 13.8 Å². The predicted octanol–water partition coefficient (Wildman–Crippen LogP) is 4.33. The highest BCUT2D eigenvalue weighted by molar-refractivity contribution is 7.89. The van der Waals surface area contributed by atoms with Crippen LogP contribution >= 0.6 is 0 Å². The molecule has 0 unspecified atom stereocenters. The SMILES string of the molecule is CC(C)(CCCCOCCCCC(C)(C)CC(=O)O)CCCCS(N)(=O)=O. The molecule has 0 saturated carbocycles. The van der Waals surface area contributed by atoms with Crippen molar-refractivity contribution in [2.24, 2.45) is 16.0 Å². The van der Waals surface area contributed by atoms with Crippen molar-refractivity contribution in [3.63, 3.8) is 0 Å². The summed E-state index contributed by atoms with van der Waals surface area (Å²) in [6.07, 6.45) is 8.86. The molecule has 0 spiro atoms. The topological polar surface area (TPSA) is 107 Å². The van der Waals surface area contributed by atoms with Gasteiger partial charge < -0.3 is 9.84 Å². The molecule has 0 fully saturated rings. The first-order valence-electron chi connectivity index (χ1n) is 10.1.